The van der Waals surface area contributed by atoms with E-state index in [1.165, 1.54) is 5.56 Å². The van der Waals surface area contributed by atoms with Crippen molar-refractivity contribution in [2.75, 3.05) is 5.32 Å². The van der Waals surface area contributed by atoms with Gasteiger partial charge in [0.05, 0.1) is 0 Å². The molecule has 0 aliphatic rings. The summed E-state index contributed by atoms with van der Waals surface area (Å²) in [6, 6.07) is 8.58. The number of benzene rings is 1. The second-order valence-corrected chi connectivity index (χ2v) is 4.19. The van der Waals surface area contributed by atoms with Gasteiger partial charge in [0.2, 0.25) is 0 Å². The van der Waals surface area contributed by atoms with Crippen LogP contribution >= 0.6 is 12.2 Å². The fraction of sp³-hybridized carbons (Fsp3) is 0.417. The third kappa shape index (κ3) is 4.30. The molecule has 0 aliphatic heterocycles. The standard InChI is InChI=1S/C12H18N2S/c1-4-10(3)13-12(15)14-11-7-5-6-9(2)8-11/h5-8,10H,4H2,1-3H3,(H2,13,14,15)/t10-/m1/s1. The Morgan fingerprint density at radius 2 is 2.20 bits per heavy atom. The van der Waals surface area contributed by atoms with Gasteiger partial charge in [-0.15, -0.1) is 0 Å². The Hall–Kier alpha value is -1.09. The zero-order chi connectivity index (χ0) is 11.3. The van der Waals surface area contributed by atoms with E-state index in [0.29, 0.717) is 11.2 Å². The van der Waals surface area contributed by atoms with E-state index < -0.39 is 0 Å². The zero-order valence-electron chi connectivity index (χ0n) is 9.50. The first kappa shape index (κ1) is 12.0. The molecule has 1 aromatic carbocycles. The molecule has 0 saturated carbocycles. The number of rotatable bonds is 3. The van der Waals surface area contributed by atoms with Gasteiger partial charge in [-0.05, 0) is 50.2 Å². The minimum Gasteiger partial charge on any atom is -0.360 e. The van der Waals surface area contributed by atoms with Gasteiger partial charge >= 0.3 is 0 Å². The minimum absolute atomic E-state index is 0.412. The van der Waals surface area contributed by atoms with Crippen LogP contribution in [0.1, 0.15) is 25.8 Å². The molecule has 0 unspecified atom stereocenters. The van der Waals surface area contributed by atoms with E-state index in [0.717, 1.165) is 12.1 Å². The van der Waals surface area contributed by atoms with Crippen molar-refractivity contribution >= 4 is 23.0 Å². The highest BCUT2D eigenvalue weighted by Crippen LogP contribution is 2.09. The molecule has 82 valence electrons. The first-order valence-electron chi connectivity index (χ1n) is 5.26. The van der Waals surface area contributed by atoms with Crippen LogP contribution in [0.2, 0.25) is 0 Å². The summed E-state index contributed by atoms with van der Waals surface area (Å²) >= 11 is 5.20. The molecule has 0 fully saturated rings. The molecule has 3 heteroatoms. The molecule has 0 heterocycles. The van der Waals surface area contributed by atoms with Crippen molar-refractivity contribution in [1.29, 1.82) is 0 Å². The smallest absolute Gasteiger partial charge is 0.170 e. The molecule has 1 aromatic rings. The van der Waals surface area contributed by atoms with Crippen LogP contribution in [0.3, 0.4) is 0 Å². The highest BCUT2D eigenvalue weighted by molar-refractivity contribution is 7.80. The Morgan fingerprint density at radius 3 is 2.80 bits per heavy atom. The van der Waals surface area contributed by atoms with Crippen molar-refractivity contribution in [1.82, 2.24) is 5.32 Å². The van der Waals surface area contributed by atoms with E-state index in [9.17, 15) is 0 Å². The number of hydrogen-bond donors (Lipinski definition) is 2. The van der Waals surface area contributed by atoms with Gasteiger partial charge in [0.1, 0.15) is 0 Å². The highest BCUT2D eigenvalue weighted by Gasteiger charge is 2.01. The van der Waals surface area contributed by atoms with Gasteiger partial charge in [0.15, 0.2) is 5.11 Å². The predicted molar refractivity (Wildman–Crippen MR) is 70.3 cm³/mol. The lowest BCUT2D eigenvalue weighted by Crippen LogP contribution is -2.35. The maximum atomic E-state index is 5.20. The van der Waals surface area contributed by atoms with Crippen LogP contribution in [0.4, 0.5) is 5.69 Å². The SMILES string of the molecule is CC[C@@H](C)NC(=S)Nc1cccc(C)c1. The van der Waals surface area contributed by atoms with E-state index in [4.69, 9.17) is 12.2 Å². The number of nitrogens with one attached hydrogen (secondary N) is 2. The van der Waals surface area contributed by atoms with Gasteiger partial charge in [-0.25, -0.2) is 0 Å². The van der Waals surface area contributed by atoms with Crippen LogP contribution in [0, 0.1) is 6.92 Å². The van der Waals surface area contributed by atoms with Gasteiger partial charge in [-0.2, -0.15) is 0 Å². The lowest BCUT2D eigenvalue weighted by Gasteiger charge is -2.15. The summed E-state index contributed by atoms with van der Waals surface area (Å²) in [6.45, 7) is 6.31. The van der Waals surface area contributed by atoms with Crippen molar-refractivity contribution in [3.8, 4) is 0 Å². The van der Waals surface area contributed by atoms with Gasteiger partial charge in [-0.1, -0.05) is 19.1 Å². The number of hydrogen-bond acceptors (Lipinski definition) is 1. The summed E-state index contributed by atoms with van der Waals surface area (Å²) in [6.07, 6.45) is 1.07. The third-order valence-electron chi connectivity index (χ3n) is 2.27. The number of anilines is 1. The fourth-order valence-corrected chi connectivity index (χ4v) is 1.53. The number of aryl methyl sites for hydroxylation is 1. The van der Waals surface area contributed by atoms with E-state index in [-0.39, 0.29) is 0 Å². The number of thiocarbonyl (C=S) groups is 1. The van der Waals surface area contributed by atoms with Gasteiger partial charge in [-0.3, -0.25) is 0 Å². The molecular formula is C12H18N2S. The summed E-state index contributed by atoms with van der Waals surface area (Å²) in [5, 5.41) is 7.08. The first-order chi connectivity index (χ1) is 7.11. The van der Waals surface area contributed by atoms with Crippen molar-refractivity contribution in [3.05, 3.63) is 29.8 Å². The van der Waals surface area contributed by atoms with E-state index in [1.807, 2.05) is 12.1 Å². The van der Waals surface area contributed by atoms with Crippen LogP contribution in [0.25, 0.3) is 0 Å². The predicted octanol–water partition coefficient (Wildman–Crippen LogP) is 3.08. The summed E-state index contributed by atoms with van der Waals surface area (Å²) in [5.74, 6) is 0. The minimum atomic E-state index is 0.412. The van der Waals surface area contributed by atoms with Crippen molar-refractivity contribution in [2.45, 2.75) is 33.2 Å². The average molecular weight is 222 g/mol. The lowest BCUT2D eigenvalue weighted by atomic mass is 10.2. The van der Waals surface area contributed by atoms with Crippen molar-refractivity contribution in [3.63, 3.8) is 0 Å². The molecule has 0 bridgehead atoms. The van der Waals surface area contributed by atoms with E-state index >= 15 is 0 Å². The Morgan fingerprint density at radius 1 is 1.47 bits per heavy atom. The Bertz CT molecular complexity index is 336. The molecule has 15 heavy (non-hydrogen) atoms. The van der Waals surface area contributed by atoms with Crippen LogP contribution in [0.5, 0.6) is 0 Å². The molecule has 2 N–H and O–H groups in total. The maximum absolute atomic E-state index is 5.20. The molecule has 0 aliphatic carbocycles. The average Bonchev–Trinajstić information content (AvgIpc) is 2.17. The molecule has 0 radical (unpaired) electrons. The van der Waals surface area contributed by atoms with Crippen LogP contribution in [-0.2, 0) is 0 Å². The topological polar surface area (TPSA) is 24.1 Å². The fourth-order valence-electron chi connectivity index (χ4n) is 1.22. The Labute approximate surface area is 97.1 Å². The second kappa shape index (κ2) is 5.71. The van der Waals surface area contributed by atoms with Gasteiger partial charge in [0, 0.05) is 11.7 Å². The molecule has 1 atom stereocenters. The first-order valence-corrected chi connectivity index (χ1v) is 5.67. The molecule has 0 amide bonds. The largest absolute Gasteiger partial charge is 0.360 e. The highest BCUT2D eigenvalue weighted by atomic mass is 32.1. The van der Waals surface area contributed by atoms with Crippen LogP contribution in [0.15, 0.2) is 24.3 Å². The Kier molecular flexibility index (Phi) is 4.56. The van der Waals surface area contributed by atoms with Crippen molar-refractivity contribution in [2.24, 2.45) is 0 Å². The summed E-state index contributed by atoms with van der Waals surface area (Å²) < 4.78 is 0. The van der Waals surface area contributed by atoms with Gasteiger partial charge in [0.25, 0.3) is 0 Å². The third-order valence-corrected chi connectivity index (χ3v) is 2.49. The summed E-state index contributed by atoms with van der Waals surface area (Å²) in [5.41, 5.74) is 2.27. The van der Waals surface area contributed by atoms with Gasteiger partial charge < -0.3 is 10.6 Å². The second-order valence-electron chi connectivity index (χ2n) is 3.78. The quantitative estimate of drug-likeness (QED) is 0.769. The van der Waals surface area contributed by atoms with Crippen molar-refractivity contribution < 1.29 is 0 Å². The van der Waals surface area contributed by atoms with Crippen LogP contribution in [-0.4, -0.2) is 11.2 Å². The molecule has 0 spiro atoms. The summed E-state index contributed by atoms with van der Waals surface area (Å²) in [4.78, 5) is 0. The monoisotopic (exact) mass is 222 g/mol. The summed E-state index contributed by atoms with van der Waals surface area (Å²) in [7, 11) is 0. The zero-order valence-corrected chi connectivity index (χ0v) is 10.3. The lowest BCUT2D eigenvalue weighted by molar-refractivity contribution is 0.646. The van der Waals surface area contributed by atoms with Crippen LogP contribution < -0.4 is 10.6 Å². The normalized spacial score (nSPS) is 11.9. The molecule has 2 nitrogen and oxygen atoms in total. The molecule has 1 rings (SSSR count). The molecule has 0 aromatic heterocycles. The van der Waals surface area contributed by atoms with E-state index in [1.54, 1.807) is 0 Å². The van der Waals surface area contributed by atoms with E-state index in [2.05, 4.69) is 43.5 Å². The molecular weight excluding hydrogens is 204 g/mol. The maximum Gasteiger partial charge on any atom is 0.170 e. The Balaban J connectivity index is 2.51. The molecule has 0 saturated heterocycles.